The molecule has 0 amide bonds. The molecular formula is C18H26N4. The van der Waals surface area contributed by atoms with Crippen molar-refractivity contribution in [3.05, 3.63) is 52.8 Å². The van der Waals surface area contributed by atoms with Gasteiger partial charge in [0.05, 0.1) is 6.20 Å². The second-order valence-corrected chi connectivity index (χ2v) is 6.16. The molecule has 0 bridgehead atoms. The van der Waals surface area contributed by atoms with Crippen LogP contribution in [0.2, 0.25) is 0 Å². The van der Waals surface area contributed by atoms with Gasteiger partial charge >= 0.3 is 0 Å². The minimum Gasteiger partial charge on any atom is -0.314 e. The van der Waals surface area contributed by atoms with Gasteiger partial charge in [-0.15, -0.1) is 0 Å². The fraction of sp³-hybridized carbons (Fsp3) is 0.500. The SMILES string of the molecule is CCc1ccc(C2CNCCN2Cc2cnn(C)c2C)cc1. The molecule has 1 atom stereocenters. The predicted molar refractivity (Wildman–Crippen MR) is 89.8 cm³/mol. The molecule has 2 aromatic rings. The van der Waals surface area contributed by atoms with Crippen LogP contribution in [0.25, 0.3) is 0 Å². The summed E-state index contributed by atoms with van der Waals surface area (Å²) in [6.07, 6.45) is 3.11. The molecule has 118 valence electrons. The summed E-state index contributed by atoms with van der Waals surface area (Å²) in [6, 6.07) is 9.55. The average Bonchev–Trinajstić information content (AvgIpc) is 2.88. The molecule has 0 radical (unpaired) electrons. The van der Waals surface area contributed by atoms with Crippen LogP contribution in [0.15, 0.2) is 30.5 Å². The van der Waals surface area contributed by atoms with Gasteiger partial charge in [-0.25, -0.2) is 0 Å². The predicted octanol–water partition coefficient (Wildman–Crippen LogP) is 2.44. The lowest BCUT2D eigenvalue weighted by molar-refractivity contribution is 0.153. The van der Waals surface area contributed by atoms with E-state index < -0.39 is 0 Å². The zero-order valence-corrected chi connectivity index (χ0v) is 13.8. The Labute approximate surface area is 133 Å². The van der Waals surface area contributed by atoms with E-state index in [4.69, 9.17) is 0 Å². The lowest BCUT2D eigenvalue weighted by Crippen LogP contribution is -2.45. The highest BCUT2D eigenvalue weighted by molar-refractivity contribution is 5.26. The number of nitrogens with one attached hydrogen (secondary N) is 1. The monoisotopic (exact) mass is 298 g/mol. The zero-order valence-electron chi connectivity index (χ0n) is 13.8. The first kappa shape index (κ1) is 15.3. The Balaban J connectivity index is 1.79. The van der Waals surface area contributed by atoms with Crippen molar-refractivity contribution in [2.45, 2.75) is 32.9 Å². The number of benzene rings is 1. The Morgan fingerprint density at radius 3 is 2.68 bits per heavy atom. The lowest BCUT2D eigenvalue weighted by Gasteiger charge is -2.36. The molecule has 0 spiro atoms. The Morgan fingerprint density at radius 2 is 2.05 bits per heavy atom. The molecule has 0 aliphatic carbocycles. The van der Waals surface area contributed by atoms with E-state index in [-0.39, 0.29) is 0 Å². The van der Waals surface area contributed by atoms with Crippen molar-refractivity contribution in [1.82, 2.24) is 20.0 Å². The van der Waals surface area contributed by atoms with Gasteiger partial charge in [-0.3, -0.25) is 9.58 Å². The number of rotatable bonds is 4. The molecule has 1 fully saturated rings. The number of hydrogen-bond acceptors (Lipinski definition) is 3. The van der Waals surface area contributed by atoms with Crippen LogP contribution in [0.5, 0.6) is 0 Å². The minimum absolute atomic E-state index is 0.444. The fourth-order valence-corrected chi connectivity index (χ4v) is 3.16. The summed E-state index contributed by atoms with van der Waals surface area (Å²) in [5.74, 6) is 0. The highest BCUT2D eigenvalue weighted by Crippen LogP contribution is 2.25. The Bertz CT molecular complexity index is 615. The third kappa shape index (κ3) is 3.08. The van der Waals surface area contributed by atoms with E-state index in [1.807, 2.05) is 17.9 Å². The topological polar surface area (TPSA) is 33.1 Å². The van der Waals surface area contributed by atoms with Crippen LogP contribution < -0.4 is 5.32 Å². The Morgan fingerprint density at radius 1 is 1.27 bits per heavy atom. The molecular weight excluding hydrogens is 272 g/mol. The highest BCUT2D eigenvalue weighted by Gasteiger charge is 2.24. The summed E-state index contributed by atoms with van der Waals surface area (Å²) in [4.78, 5) is 2.57. The van der Waals surface area contributed by atoms with Crippen LogP contribution in [0.4, 0.5) is 0 Å². The van der Waals surface area contributed by atoms with E-state index in [9.17, 15) is 0 Å². The number of aryl methyl sites for hydroxylation is 2. The normalized spacial score (nSPS) is 19.5. The van der Waals surface area contributed by atoms with Gasteiger partial charge in [0.2, 0.25) is 0 Å². The third-order valence-corrected chi connectivity index (χ3v) is 4.84. The fourth-order valence-electron chi connectivity index (χ4n) is 3.16. The van der Waals surface area contributed by atoms with E-state index in [0.717, 1.165) is 32.6 Å². The van der Waals surface area contributed by atoms with Crippen molar-refractivity contribution in [2.75, 3.05) is 19.6 Å². The lowest BCUT2D eigenvalue weighted by atomic mass is 10.0. The first-order valence-corrected chi connectivity index (χ1v) is 8.20. The largest absolute Gasteiger partial charge is 0.314 e. The molecule has 3 rings (SSSR count). The Hall–Kier alpha value is -1.65. The summed E-state index contributed by atoms with van der Waals surface area (Å²) in [6.45, 7) is 8.48. The summed E-state index contributed by atoms with van der Waals surface area (Å²) in [5.41, 5.74) is 5.41. The molecule has 1 saturated heterocycles. The quantitative estimate of drug-likeness (QED) is 0.941. The number of nitrogens with zero attached hydrogens (tertiary/aromatic N) is 3. The van der Waals surface area contributed by atoms with Gasteiger partial charge in [-0.05, 0) is 24.5 Å². The van der Waals surface area contributed by atoms with E-state index in [1.165, 1.54) is 22.4 Å². The first-order chi connectivity index (χ1) is 10.7. The number of aromatic nitrogens is 2. The van der Waals surface area contributed by atoms with Gasteiger partial charge in [-0.2, -0.15) is 5.10 Å². The van der Waals surface area contributed by atoms with E-state index in [0.29, 0.717) is 6.04 Å². The van der Waals surface area contributed by atoms with Crippen LogP contribution in [0.1, 0.15) is 35.3 Å². The van der Waals surface area contributed by atoms with Gasteiger partial charge in [0.15, 0.2) is 0 Å². The zero-order chi connectivity index (χ0) is 15.5. The van der Waals surface area contributed by atoms with Crippen molar-refractivity contribution in [3.8, 4) is 0 Å². The smallest absolute Gasteiger partial charge is 0.0537 e. The van der Waals surface area contributed by atoms with Crippen molar-refractivity contribution < 1.29 is 0 Å². The number of piperazine rings is 1. The molecule has 0 saturated carbocycles. The number of hydrogen-bond donors (Lipinski definition) is 1. The van der Waals surface area contributed by atoms with Crippen LogP contribution in [0, 0.1) is 6.92 Å². The standard InChI is InChI=1S/C18H26N4/c1-4-15-5-7-16(8-6-15)18-12-19-9-10-22(18)13-17-11-20-21(3)14(17)2/h5-8,11,18-19H,4,9-10,12-13H2,1-3H3. The Kier molecular flexibility index (Phi) is 4.60. The second kappa shape index (κ2) is 6.63. The molecule has 1 aliphatic rings. The van der Waals surface area contributed by atoms with E-state index in [2.05, 4.69) is 53.4 Å². The van der Waals surface area contributed by atoms with Crippen LogP contribution in [-0.4, -0.2) is 34.3 Å². The molecule has 4 nitrogen and oxygen atoms in total. The summed E-state index contributed by atoms with van der Waals surface area (Å²) >= 11 is 0. The molecule has 1 aromatic heterocycles. The maximum atomic E-state index is 4.38. The van der Waals surface area contributed by atoms with E-state index in [1.54, 1.807) is 0 Å². The average molecular weight is 298 g/mol. The van der Waals surface area contributed by atoms with Crippen molar-refractivity contribution in [3.63, 3.8) is 0 Å². The van der Waals surface area contributed by atoms with Gasteiger partial charge in [0.25, 0.3) is 0 Å². The first-order valence-electron chi connectivity index (χ1n) is 8.20. The summed E-state index contributed by atoms with van der Waals surface area (Å²) in [7, 11) is 2.01. The molecule has 1 aliphatic heterocycles. The van der Waals surface area contributed by atoms with Crippen molar-refractivity contribution in [1.29, 1.82) is 0 Å². The van der Waals surface area contributed by atoms with Crippen LogP contribution in [0.3, 0.4) is 0 Å². The van der Waals surface area contributed by atoms with Gasteiger partial charge < -0.3 is 5.32 Å². The van der Waals surface area contributed by atoms with Crippen molar-refractivity contribution >= 4 is 0 Å². The molecule has 1 aromatic carbocycles. The summed E-state index contributed by atoms with van der Waals surface area (Å²) < 4.78 is 1.96. The van der Waals surface area contributed by atoms with Gasteiger partial charge in [-0.1, -0.05) is 31.2 Å². The van der Waals surface area contributed by atoms with Gasteiger partial charge in [0, 0.05) is 50.5 Å². The maximum absolute atomic E-state index is 4.38. The van der Waals surface area contributed by atoms with Crippen LogP contribution in [-0.2, 0) is 20.0 Å². The van der Waals surface area contributed by atoms with E-state index >= 15 is 0 Å². The molecule has 1 N–H and O–H groups in total. The third-order valence-electron chi connectivity index (χ3n) is 4.84. The molecule has 22 heavy (non-hydrogen) atoms. The second-order valence-electron chi connectivity index (χ2n) is 6.16. The van der Waals surface area contributed by atoms with Crippen LogP contribution >= 0.6 is 0 Å². The highest BCUT2D eigenvalue weighted by atomic mass is 15.3. The van der Waals surface area contributed by atoms with Gasteiger partial charge in [0.1, 0.15) is 0 Å². The summed E-state index contributed by atoms with van der Waals surface area (Å²) in [5, 5.41) is 7.91. The molecule has 4 heteroatoms. The molecule has 2 heterocycles. The molecule has 1 unspecified atom stereocenters. The van der Waals surface area contributed by atoms with Crippen molar-refractivity contribution in [2.24, 2.45) is 7.05 Å². The minimum atomic E-state index is 0.444. The maximum Gasteiger partial charge on any atom is 0.0537 e.